The van der Waals surface area contributed by atoms with Gasteiger partial charge in [-0.2, -0.15) is 0 Å². The van der Waals surface area contributed by atoms with Crippen molar-refractivity contribution in [2.45, 2.75) is 115 Å². The zero-order chi connectivity index (χ0) is 30.9. The van der Waals surface area contributed by atoms with Crippen molar-refractivity contribution in [2.24, 2.45) is 23.3 Å². The summed E-state index contributed by atoms with van der Waals surface area (Å²) in [7, 11) is 0. The molecule has 6 atom stereocenters. The predicted molar refractivity (Wildman–Crippen MR) is 163 cm³/mol. The summed E-state index contributed by atoms with van der Waals surface area (Å²) in [5.41, 5.74) is 12.5. The topological polar surface area (TPSA) is 181 Å². The van der Waals surface area contributed by atoms with E-state index in [0.29, 0.717) is 64.3 Å². The fraction of sp³-hybridized carbons (Fsp3) is 0.656. The second-order valence-corrected chi connectivity index (χ2v) is 11.6. The highest BCUT2D eigenvalue weighted by atomic mass is 16.5. The van der Waals surface area contributed by atoms with Gasteiger partial charge in [0.05, 0.1) is 18.3 Å². The zero-order valence-electron chi connectivity index (χ0n) is 25.3. The molecule has 236 valence electrons. The van der Waals surface area contributed by atoms with Crippen LogP contribution in [0.25, 0.3) is 0 Å². The van der Waals surface area contributed by atoms with Crippen molar-refractivity contribution in [3.63, 3.8) is 0 Å². The molecule has 0 bridgehead atoms. The Bertz CT molecular complexity index is 973. The largest absolute Gasteiger partial charge is 0.463 e. The highest BCUT2D eigenvalue weighted by Crippen LogP contribution is 2.39. The third-order valence-electron chi connectivity index (χ3n) is 7.73. The van der Waals surface area contributed by atoms with Crippen LogP contribution in [0.2, 0.25) is 0 Å². The number of carbonyl (C=O) groups is 2. The number of ether oxygens (including phenoxy) is 2. The maximum absolute atomic E-state index is 12.8. The number of nitrogens with one attached hydrogen (secondary N) is 2. The Morgan fingerprint density at radius 3 is 2.45 bits per heavy atom. The summed E-state index contributed by atoms with van der Waals surface area (Å²) < 4.78 is 11.0. The number of rotatable bonds is 19. The fourth-order valence-electron chi connectivity index (χ4n) is 5.49. The molecule has 10 nitrogen and oxygen atoms in total. The van der Waals surface area contributed by atoms with Crippen LogP contribution in [0.4, 0.5) is 0 Å². The van der Waals surface area contributed by atoms with Gasteiger partial charge in [0.25, 0.3) is 0 Å². The van der Waals surface area contributed by atoms with Gasteiger partial charge in [0.1, 0.15) is 12.1 Å². The smallest absolute Gasteiger partial charge is 0.323 e. The van der Waals surface area contributed by atoms with Crippen LogP contribution in [0.15, 0.2) is 42.5 Å². The van der Waals surface area contributed by atoms with Crippen LogP contribution in [0.5, 0.6) is 0 Å². The molecule has 1 aromatic carbocycles. The molecule has 1 fully saturated rings. The van der Waals surface area contributed by atoms with E-state index in [2.05, 4.69) is 5.32 Å². The van der Waals surface area contributed by atoms with Gasteiger partial charge < -0.3 is 36.5 Å². The molecule has 0 aromatic heterocycles. The molecule has 0 radical (unpaired) electrons. The van der Waals surface area contributed by atoms with E-state index in [4.69, 9.17) is 26.4 Å². The Kier molecular flexibility index (Phi) is 16.2. The SMILES string of the molecule is CC(C)OC(=O)CCC/C=C\C[C@@H]1[C@@H](CC[C@H](CCc2ccccc2)OC(=O)[C@@H](N)CCCNC(=N)N)[C@H](O)C[C@@H]1O. The first kappa shape index (κ1) is 35.2. The number of allylic oxidation sites excluding steroid dienone is 2. The zero-order valence-corrected chi connectivity index (χ0v) is 25.3. The number of aliphatic hydroxyl groups excluding tert-OH is 2. The van der Waals surface area contributed by atoms with Crippen molar-refractivity contribution in [1.29, 1.82) is 5.41 Å². The molecule has 2 rings (SSSR count). The van der Waals surface area contributed by atoms with Gasteiger partial charge in [-0.3, -0.25) is 15.0 Å². The minimum Gasteiger partial charge on any atom is -0.463 e. The molecule has 0 unspecified atom stereocenters. The van der Waals surface area contributed by atoms with Crippen LogP contribution in [0.3, 0.4) is 0 Å². The average Bonchev–Trinajstić information content (AvgIpc) is 3.21. The van der Waals surface area contributed by atoms with Crippen molar-refractivity contribution >= 4 is 17.9 Å². The number of hydrogen-bond acceptors (Lipinski definition) is 8. The Hall–Kier alpha value is -2.95. The Morgan fingerprint density at radius 1 is 1.05 bits per heavy atom. The van der Waals surface area contributed by atoms with Crippen LogP contribution in [0, 0.1) is 17.2 Å². The minimum atomic E-state index is -0.776. The summed E-state index contributed by atoms with van der Waals surface area (Å²) in [6, 6.07) is 9.23. The number of unbranched alkanes of at least 4 members (excludes halogenated alkanes) is 1. The van der Waals surface area contributed by atoms with Gasteiger partial charge in [0.15, 0.2) is 5.96 Å². The summed E-state index contributed by atoms with van der Waals surface area (Å²) in [5, 5.41) is 31.4. The molecule has 8 N–H and O–H groups in total. The number of nitrogens with two attached hydrogens (primary N) is 2. The van der Waals surface area contributed by atoms with E-state index in [0.717, 1.165) is 18.4 Å². The second kappa shape index (κ2) is 19.3. The van der Waals surface area contributed by atoms with Gasteiger partial charge in [-0.1, -0.05) is 42.5 Å². The number of aryl methyl sites for hydroxylation is 1. The van der Waals surface area contributed by atoms with Crippen molar-refractivity contribution in [2.75, 3.05) is 6.54 Å². The lowest BCUT2D eigenvalue weighted by Gasteiger charge is -2.26. The molecule has 0 heterocycles. The second-order valence-electron chi connectivity index (χ2n) is 11.6. The van der Waals surface area contributed by atoms with Gasteiger partial charge in [0, 0.05) is 13.0 Å². The monoisotopic (exact) mass is 588 g/mol. The molecule has 0 amide bonds. The molecule has 1 aliphatic rings. The molecule has 0 spiro atoms. The van der Waals surface area contributed by atoms with Gasteiger partial charge in [-0.25, -0.2) is 0 Å². The summed E-state index contributed by atoms with van der Waals surface area (Å²) in [5.74, 6) is -0.983. The van der Waals surface area contributed by atoms with Gasteiger partial charge in [0.2, 0.25) is 0 Å². The third kappa shape index (κ3) is 13.8. The maximum atomic E-state index is 12.8. The molecule has 1 aliphatic carbocycles. The molecular formula is C32H52N4O6. The average molecular weight is 589 g/mol. The van der Waals surface area contributed by atoms with E-state index in [1.807, 2.05) is 56.3 Å². The van der Waals surface area contributed by atoms with Crippen LogP contribution in [-0.2, 0) is 25.5 Å². The summed E-state index contributed by atoms with van der Waals surface area (Å²) in [4.78, 5) is 24.5. The lowest BCUT2D eigenvalue weighted by molar-refractivity contribution is -0.152. The Morgan fingerprint density at radius 2 is 1.76 bits per heavy atom. The molecule has 10 heteroatoms. The minimum absolute atomic E-state index is 0.0938. The Labute approximate surface area is 250 Å². The number of hydrogen-bond donors (Lipinski definition) is 6. The number of aliphatic hydroxyl groups is 2. The summed E-state index contributed by atoms with van der Waals surface area (Å²) >= 11 is 0. The van der Waals surface area contributed by atoms with Crippen molar-refractivity contribution < 1.29 is 29.3 Å². The molecule has 1 aromatic rings. The number of guanidine groups is 1. The molecule has 0 aliphatic heterocycles. The lowest BCUT2D eigenvalue weighted by atomic mass is 9.85. The van der Waals surface area contributed by atoms with E-state index in [9.17, 15) is 19.8 Å². The van der Waals surface area contributed by atoms with E-state index >= 15 is 0 Å². The summed E-state index contributed by atoms with van der Waals surface area (Å²) in [6.07, 6.45) is 8.65. The quantitative estimate of drug-likeness (QED) is 0.0464. The first-order valence-corrected chi connectivity index (χ1v) is 15.3. The number of carbonyl (C=O) groups excluding carboxylic acids is 2. The Balaban J connectivity index is 1.92. The molecular weight excluding hydrogens is 536 g/mol. The van der Waals surface area contributed by atoms with Crippen molar-refractivity contribution in [3.8, 4) is 0 Å². The van der Waals surface area contributed by atoms with Crippen LogP contribution in [-0.4, -0.2) is 65.1 Å². The van der Waals surface area contributed by atoms with Gasteiger partial charge in [-0.15, -0.1) is 0 Å². The maximum Gasteiger partial charge on any atom is 0.323 e. The highest BCUT2D eigenvalue weighted by Gasteiger charge is 2.41. The normalized spacial score (nSPS) is 21.8. The van der Waals surface area contributed by atoms with Crippen LogP contribution < -0.4 is 16.8 Å². The molecule has 1 saturated carbocycles. The standard InChI is InChI=1S/C32H52N4O6/c1-22(2)41-30(39)15-9-4-3-8-13-25-26(29(38)21-28(25)37)19-18-24(17-16-23-11-6-5-7-12-23)42-31(40)27(33)14-10-20-36-32(34)35/h3,5-8,11-12,22,24-29,37-38H,4,9-10,13-21,33H2,1-2H3,(H4,34,35,36)/b8-3-/t24-,25+,26+,27-,28-,29+/m0/s1. The number of esters is 2. The fourth-order valence-corrected chi connectivity index (χ4v) is 5.49. The first-order valence-electron chi connectivity index (χ1n) is 15.3. The number of benzene rings is 1. The third-order valence-corrected chi connectivity index (χ3v) is 7.73. The van der Waals surface area contributed by atoms with Gasteiger partial charge >= 0.3 is 11.9 Å². The molecule has 0 saturated heterocycles. The van der Waals surface area contributed by atoms with E-state index in [1.54, 1.807) is 0 Å². The van der Waals surface area contributed by atoms with Crippen molar-refractivity contribution in [3.05, 3.63) is 48.0 Å². The van der Waals surface area contributed by atoms with Gasteiger partial charge in [-0.05, 0) is 95.5 Å². The highest BCUT2D eigenvalue weighted by molar-refractivity contribution is 5.75. The van der Waals surface area contributed by atoms with Crippen molar-refractivity contribution in [1.82, 2.24) is 5.32 Å². The molecule has 42 heavy (non-hydrogen) atoms. The van der Waals surface area contributed by atoms with E-state index in [-0.39, 0.29) is 36.0 Å². The van der Waals surface area contributed by atoms with E-state index < -0.39 is 24.2 Å². The van der Waals surface area contributed by atoms with E-state index in [1.165, 1.54) is 0 Å². The predicted octanol–water partition coefficient (Wildman–Crippen LogP) is 3.33. The lowest BCUT2D eigenvalue weighted by Crippen LogP contribution is -2.37. The summed E-state index contributed by atoms with van der Waals surface area (Å²) in [6.45, 7) is 4.12. The first-order chi connectivity index (χ1) is 20.1. The van der Waals surface area contributed by atoms with Crippen LogP contribution >= 0.6 is 0 Å². The van der Waals surface area contributed by atoms with Crippen LogP contribution in [0.1, 0.15) is 83.6 Å².